The Kier molecular flexibility index (Phi) is 3.47. The van der Waals surface area contributed by atoms with Crippen molar-refractivity contribution in [3.8, 4) is 0 Å². The van der Waals surface area contributed by atoms with Crippen LogP contribution in [0.5, 0.6) is 0 Å². The van der Waals surface area contributed by atoms with Gasteiger partial charge >= 0.3 is 6.18 Å². The molecule has 3 fully saturated rings. The number of nitrogens with one attached hydrogen (secondary N) is 1. The Morgan fingerprint density at radius 3 is 2.43 bits per heavy atom. The topological polar surface area (TPSA) is 15.3 Å². The Morgan fingerprint density at radius 2 is 1.87 bits per heavy atom. The predicted octanol–water partition coefficient (Wildman–Crippen LogP) is 3.52. The van der Waals surface area contributed by atoms with E-state index in [2.05, 4.69) is 10.2 Å². The van der Waals surface area contributed by atoms with Gasteiger partial charge in [0, 0.05) is 24.7 Å². The molecule has 0 bridgehead atoms. The highest BCUT2D eigenvalue weighted by Gasteiger charge is 2.54. The van der Waals surface area contributed by atoms with E-state index in [4.69, 9.17) is 0 Å². The highest BCUT2D eigenvalue weighted by atomic mass is 19.4. The third-order valence-electron chi connectivity index (χ3n) is 5.41. The molecule has 0 atom stereocenters. The van der Waals surface area contributed by atoms with Crippen LogP contribution in [0.4, 0.5) is 17.6 Å². The zero-order chi connectivity index (χ0) is 16.2. The van der Waals surface area contributed by atoms with Gasteiger partial charge in [0.25, 0.3) is 0 Å². The average Bonchev–Trinajstić information content (AvgIpc) is 3.31. The fourth-order valence-electron chi connectivity index (χ4n) is 3.55. The van der Waals surface area contributed by atoms with Gasteiger partial charge in [-0.2, -0.15) is 13.2 Å². The molecular weight excluding hydrogens is 308 g/mol. The van der Waals surface area contributed by atoms with Gasteiger partial charge in [-0.05, 0) is 55.8 Å². The molecule has 1 aliphatic heterocycles. The van der Waals surface area contributed by atoms with Crippen LogP contribution in [0, 0.1) is 11.7 Å². The second-order valence-electron chi connectivity index (χ2n) is 7.18. The number of halogens is 4. The van der Waals surface area contributed by atoms with Gasteiger partial charge in [-0.15, -0.1) is 0 Å². The summed E-state index contributed by atoms with van der Waals surface area (Å²) in [5.74, 6) is -0.366. The molecule has 6 heteroatoms. The quantitative estimate of drug-likeness (QED) is 0.832. The van der Waals surface area contributed by atoms with E-state index in [0.717, 1.165) is 50.5 Å². The van der Waals surface area contributed by atoms with Gasteiger partial charge in [0.1, 0.15) is 5.82 Å². The van der Waals surface area contributed by atoms with Crippen LogP contribution >= 0.6 is 0 Å². The van der Waals surface area contributed by atoms with Crippen molar-refractivity contribution in [2.45, 2.75) is 43.4 Å². The van der Waals surface area contributed by atoms with Crippen molar-refractivity contribution in [2.75, 3.05) is 19.6 Å². The number of nitrogens with zero attached hydrogens (tertiary/aromatic N) is 1. The van der Waals surface area contributed by atoms with E-state index < -0.39 is 17.6 Å². The van der Waals surface area contributed by atoms with E-state index in [1.807, 2.05) is 0 Å². The first-order valence-electron chi connectivity index (χ1n) is 8.24. The molecule has 0 aromatic heterocycles. The van der Waals surface area contributed by atoms with Gasteiger partial charge in [0.15, 0.2) is 0 Å². The minimum atomic E-state index is -4.64. The molecule has 1 N–H and O–H groups in total. The van der Waals surface area contributed by atoms with E-state index >= 15 is 0 Å². The number of rotatable bonds is 5. The summed E-state index contributed by atoms with van der Waals surface area (Å²) < 4.78 is 52.2. The van der Waals surface area contributed by atoms with Crippen LogP contribution in [0.2, 0.25) is 0 Å². The number of likely N-dealkylation sites (tertiary alicyclic amines) is 1. The zero-order valence-corrected chi connectivity index (χ0v) is 12.8. The van der Waals surface area contributed by atoms with Crippen LogP contribution in [0.1, 0.15) is 36.8 Å². The van der Waals surface area contributed by atoms with Crippen LogP contribution in [0.15, 0.2) is 18.2 Å². The third kappa shape index (κ3) is 2.87. The second kappa shape index (κ2) is 5.18. The molecule has 3 aliphatic rings. The van der Waals surface area contributed by atoms with E-state index in [0.29, 0.717) is 11.6 Å². The maximum Gasteiger partial charge on any atom is 0.419 e. The van der Waals surface area contributed by atoms with E-state index in [1.54, 1.807) is 0 Å². The van der Waals surface area contributed by atoms with Gasteiger partial charge in [-0.25, -0.2) is 4.39 Å². The van der Waals surface area contributed by atoms with Gasteiger partial charge < -0.3 is 5.32 Å². The molecule has 0 spiro atoms. The molecule has 4 rings (SSSR count). The summed E-state index contributed by atoms with van der Waals surface area (Å²) >= 11 is 0. The van der Waals surface area contributed by atoms with Crippen molar-refractivity contribution in [3.63, 3.8) is 0 Å². The summed E-state index contributed by atoms with van der Waals surface area (Å²) in [5, 5.41) is 3.53. The summed E-state index contributed by atoms with van der Waals surface area (Å²) in [6, 6.07) is 3.92. The molecule has 0 radical (unpaired) electrons. The van der Waals surface area contributed by atoms with Gasteiger partial charge in [-0.3, -0.25) is 4.90 Å². The Balaban J connectivity index is 1.45. The zero-order valence-electron chi connectivity index (χ0n) is 12.8. The first-order chi connectivity index (χ1) is 10.9. The Bertz CT molecular complexity index is 599. The maximum atomic E-state index is 13.5. The predicted molar refractivity (Wildman–Crippen MR) is 78.4 cm³/mol. The van der Waals surface area contributed by atoms with Crippen molar-refractivity contribution < 1.29 is 17.6 Å². The highest BCUT2D eigenvalue weighted by molar-refractivity contribution is 5.36. The summed E-state index contributed by atoms with van der Waals surface area (Å²) in [4.78, 5) is 2.24. The molecule has 0 unspecified atom stereocenters. The lowest BCUT2D eigenvalue weighted by Crippen LogP contribution is -2.61. The van der Waals surface area contributed by atoms with Crippen molar-refractivity contribution in [2.24, 2.45) is 5.92 Å². The Morgan fingerprint density at radius 1 is 1.17 bits per heavy atom. The molecular formula is C17H20F4N2. The molecule has 1 aromatic rings. The van der Waals surface area contributed by atoms with Crippen LogP contribution in [0.3, 0.4) is 0 Å². The summed E-state index contributed by atoms with van der Waals surface area (Å²) in [6.45, 7) is 2.79. The van der Waals surface area contributed by atoms with Gasteiger partial charge in [0.05, 0.1) is 5.56 Å². The second-order valence-corrected chi connectivity index (χ2v) is 7.18. The minimum Gasteiger partial charge on any atom is -0.311 e. The van der Waals surface area contributed by atoms with Crippen LogP contribution in [-0.4, -0.2) is 30.6 Å². The first-order valence-corrected chi connectivity index (χ1v) is 8.24. The van der Waals surface area contributed by atoms with E-state index in [1.165, 1.54) is 18.9 Å². The summed E-state index contributed by atoms with van der Waals surface area (Å²) in [5.41, 5.74) is -0.845. The lowest BCUT2D eigenvalue weighted by molar-refractivity contribution is -0.140. The molecule has 2 saturated carbocycles. The summed E-state index contributed by atoms with van der Waals surface area (Å²) in [6.07, 6.45) is -0.317. The molecule has 1 aromatic carbocycles. The number of benzene rings is 1. The Labute approximate surface area is 132 Å². The molecule has 2 aliphatic carbocycles. The molecule has 2 nitrogen and oxygen atoms in total. The highest BCUT2D eigenvalue weighted by Crippen LogP contribution is 2.53. The lowest BCUT2D eigenvalue weighted by Gasteiger charge is -2.46. The smallest absolute Gasteiger partial charge is 0.311 e. The molecule has 126 valence electrons. The number of hydrogen-bond donors (Lipinski definition) is 1. The maximum absolute atomic E-state index is 13.5. The lowest BCUT2D eigenvalue weighted by atomic mass is 9.95. The average molecular weight is 328 g/mol. The molecule has 1 heterocycles. The van der Waals surface area contributed by atoms with Crippen molar-refractivity contribution in [1.29, 1.82) is 0 Å². The number of hydrogen-bond acceptors (Lipinski definition) is 2. The largest absolute Gasteiger partial charge is 0.419 e. The minimum absolute atomic E-state index is 0.300. The monoisotopic (exact) mass is 328 g/mol. The van der Waals surface area contributed by atoms with Crippen molar-refractivity contribution in [3.05, 3.63) is 35.1 Å². The van der Waals surface area contributed by atoms with Crippen LogP contribution in [-0.2, 0) is 11.7 Å². The van der Waals surface area contributed by atoms with Crippen molar-refractivity contribution >= 4 is 0 Å². The van der Waals surface area contributed by atoms with Crippen LogP contribution in [0.25, 0.3) is 0 Å². The summed E-state index contributed by atoms with van der Waals surface area (Å²) in [7, 11) is 0. The number of alkyl halides is 3. The van der Waals surface area contributed by atoms with Crippen LogP contribution < -0.4 is 5.32 Å². The van der Waals surface area contributed by atoms with Gasteiger partial charge in [-0.1, -0.05) is 6.07 Å². The molecule has 0 amide bonds. The van der Waals surface area contributed by atoms with E-state index in [-0.39, 0.29) is 5.54 Å². The first kappa shape index (κ1) is 15.4. The fraction of sp³-hybridized carbons (Fsp3) is 0.647. The molecule has 1 saturated heterocycles. The van der Waals surface area contributed by atoms with Crippen molar-refractivity contribution in [1.82, 2.24) is 10.2 Å². The fourth-order valence-corrected chi connectivity index (χ4v) is 3.55. The SMILES string of the molecule is Fc1ccc(C2(N3CC(NCC4CC4)C3)CC2)cc1C(F)(F)F. The molecule has 23 heavy (non-hydrogen) atoms. The van der Waals surface area contributed by atoms with E-state index in [9.17, 15) is 17.6 Å². The third-order valence-corrected chi connectivity index (χ3v) is 5.41. The Hall–Kier alpha value is -1.14. The normalized spacial score (nSPS) is 24.5. The van der Waals surface area contributed by atoms with Gasteiger partial charge in [0.2, 0.25) is 0 Å². The standard InChI is InChI=1S/C17H20F4N2/c18-15-4-3-12(7-14(15)17(19,20)21)16(5-6-16)23-9-13(10-23)22-8-11-1-2-11/h3-4,7,11,13,22H,1-2,5-6,8-10H2.